The van der Waals surface area contributed by atoms with Crippen molar-refractivity contribution in [1.82, 2.24) is 15.5 Å². The number of nitrogens with zero attached hydrogens (tertiary/aromatic N) is 2. The van der Waals surface area contributed by atoms with Crippen molar-refractivity contribution in [3.8, 4) is 0 Å². The predicted molar refractivity (Wildman–Crippen MR) is 74.2 cm³/mol. The number of amides is 1. The maximum atomic E-state index is 11.9. The van der Waals surface area contributed by atoms with Crippen LogP contribution in [0.15, 0.2) is 27.2 Å². The van der Waals surface area contributed by atoms with Crippen molar-refractivity contribution in [1.29, 1.82) is 0 Å². The van der Waals surface area contributed by atoms with Gasteiger partial charge in [-0.25, -0.2) is 0 Å². The highest BCUT2D eigenvalue weighted by atomic mass is 79.9. The quantitative estimate of drug-likeness (QED) is 0.926. The lowest BCUT2D eigenvalue weighted by Crippen LogP contribution is -2.26. The highest BCUT2D eigenvalue weighted by Crippen LogP contribution is 2.25. The van der Waals surface area contributed by atoms with Gasteiger partial charge in [0.15, 0.2) is 5.82 Å². The average Bonchev–Trinajstić information content (AvgIpc) is 2.78. The Hall–Kier alpha value is -1.40. The number of aryl methyl sites for hydroxylation is 1. The molecular formula is C12H11BrClN3O2. The van der Waals surface area contributed by atoms with Crippen LogP contribution in [-0.4, -0.2) is 22.6 Å². The molecule has 1 amide bonds. The number of rotatable bonds is 4. The van der Waals surface area contributed by atoms with Gasteiger partial charge in [0.25, 0.3) is 5.91 Å². The van der Waals surface area contributed by atoms with Crippen LogP contribution in [0.4, 0.5) is 0 Å². The molecule has 2 rings (SSSR count). The fourth-order valence-corrected chi connectivity index (χ4v) is 2.08. The summed E-state index contributed by atoms with van der Waals surface area (Å²) in [7, 11) is 0. The molecule has 0 unspecified atom stereocenters. The largest absolute Gasteiger partial charge is 0.351 e. The van der Waals surface area contributed by atoms with E-state index in [1.807, 2.05) is 0 Å². The summed E-state index contributed by atoms with van der Waals surface area (Å²) >= 11 is 9.32. The predicted octanol–water partition coefficient (Wildman–Crippen LogP) is 2.77. The number of hydrogen-bond acceptors (Lipinski definition) is 4. The van der Waals surface area contributed by atoms with E-state index in [0.717, 1.165) is 0 Å². The van der Waals surface area contributed by atoms with Crippen molar-refractivity contribution >= 4 is 33.4 Å². The summed E-state index contributed by atoms with van der Waals surface area (Å²) in [6, 6.07) is 5.20. The molecule has 0 fully saturated rings. The summed E-state index contributed by atoms with van der Waals surface area (Å²) in [4.78, 5) is 16.0. The van der Waals surface area contributed by atoms with Crippen LogP contribution in [0.5, 0.6) is 0 Å². The maximum absolute atomic E-state index is 11.9. The van der Waals surface area contributed by atoms with E-state index in [0.29, 0.717) is 39.7 Å². The summed E-state index contributed by atoms with van der Waals surface area (Å²) in [6.07, 6.45) is 0.484. The Morgan fingerprint density at radius 1 is 1.53 bits per heavy atom. The number of hydrogen-bond donors (Lipinski definition) is 1. The van der Waals surface area contributed by atoms with Gasteiger partial charge in [-0.1, -0.05) is 22.8 Å². The fraction of sp³-hybridized carbons (Fsp3) is 0.250. The number of nitrogens with one attached hydrogen (secondary N) is 1. The minimum Gasteiger partial charge on any atom is -0.351 e. The summed E-state index contributed by atoms with van der Waals surface area (Å²) in [5.41, 5.74) is 0.428. The summed E-state index contributed by atoms with van der Waals surface area (Å²) < 4.78 is 5.64. The van der Waals surface area contributed by atoms with Gasteiger partial charge in [-0.15, -0.1) is 0 Å². The Kier molecular flexibility index (Phi) is 4.55. The van der Waals surface area contributed by atoms with Crippen LogP contribution in [-0.2, 0) is 6.42 Å². The zero-order valence-electron chi connectivity index (χ0n) is 10.1. The standard InChI is InChI=1S/C12H11BrClN3O2/c1-7-16-10(19-17-7)5-6-15-12(18)8-3-2-4-9(13)11(8)14/h2-4H,5-6H2,1H3,(H,15,18). The van der Waals surface area contributed by atoms with Crippen molar-refractivity contribution in [3.05, 3.63) is 45.0 Å². The first kappa shape index (κ1) is 14.0. The molecular weight excluding hydrogens is 334 g/mol. The molecule has 0 saturated carbocycles. The third-order valence-electron chi connectivity index (χ3n) is 2.39. The zero-order chi connectivity index (χ0) is 13.8. The van der Waals surface area contributed by atoms with Gasteiger partial charge in [0.1, 0.15) is 0 Å². The minimum atomic E-state index is -0.234. The second-order valence-electron chi connectivity index (χ2n) is 3.84. The first-order chi connectivity index (χ1) is 9.08. The molecule has 0 spiro atoms. The molecule has 0 atom stereocenters. The molecule has 1 N–H and O–H groups in total. The van der Waals surface area contributed by atoms with Crippen molar-refractivity contribution < 1.29 is 9.32 Å². The van der Waals surface area contributed by atoms with Gasteiger partial charge in [0.2, 0.25) is 5.89 Å². The summed E-state index contributed by atoms with van der Waals surface area (Å²) in [6.45, 7) is 2.15. The van der Waals surface area contributed by atoms with Gasteiger partial charge in [-0.3, -0.25) is 4.79 Å². The van der Waals surface area contributed by atoms with E-state index in [1.165, 1.54) is 0 Å². The fourth-order valence-electron chi connectivity index (χ4n) is 1.50. The summed E-state index contributed by atoms with van der Waals surface area (Å²) in [5, 5.41) is 6.82. The van der Waals surface area contributed by atoms with E-state index in [4.69, 9.17) is 16.1 Å². The van der Waals surface area contributed by atoms with Crippen LogP contribution in [0.1, 0.15) is 22.1 Å². The number of halogens is 2. The number of carbonyl (C=O) groups is 1. The van der Waals surface area contributed by atoms with Gasteiger partial charge in [0.05, 0.1) is 10.6 Å². The molecule has 0 aliphatic rings. The number of aromatic nitrogens is 2. The van der Waals surface area contributed by atoms with E-state index >= 15 is 0 Å². The molecule has 0 saturated heterocycles. The Morgan fingerprint density at radius 3 is 3.00 bits per heavy atom. The molecule has 0 aliphatic carbocycles. The SMILES string of the molecule is Cc1noc(CCNC(=O)c2cccc(Br)c2Cl)n1. The third kappa shape index (κ3) is 3.54. The lowest BCUT2D eigenvalue weighted by molar-refractivity contribution is 0.0953. The van der Waals surface area contributed by atoms with Gasteiger partial charge in [0, 0.05) is 17.4 Å². The van der Waals surface area contributed by atoms with E-state index < -0.39 is 0 Å². The molecule has 19 heavy (non-hydrogen) atoms. The molecule has 100 valence electrons. The van der Waals surface area contributed by atoms with Crippen LogP contribution in [0, 0.1) is 6.92 Å². The van der Waals surface area contributed by atoms with Crippen LogP contribution >= 0.6 is 27.5 Å². The van der Waals surface area contributed by atoms with E-state index in [1.54, 1.807) is 25.1 Å². The first-order valence-corrected chi connectivity index (χ1v) is 6.76. The molecule has 0 bridgehead atoms. The van der Waals surface area contributed by atoms with Gasteiger partial charge in [-0.2, -0.15) is 4.98 Å². The van der Waals surface area contributed by atoms with Gasteiger partial charge >= 0.3 is 0 Å². The third-order valence-corrected chi connectivity index (χ3v) is 3.69. The van der Waals surface area contributed by atoms with Crippen LogP contribution in [0.2, 0.25) is 5.02 Å². The van der Waals surface area contributed by atoms with Crippen LogP contribution < -0.4 is 5.32 Å². The molecule has 1 aromatic carbocycles. The highest BCUT2D eigenvalue weighted by molar-refractivity contribution is 9.10. The second-order valence-corrected chi connectivity index (χ2v) is 5.07. The lowest BCUT2D eigenvalue weighted by atomic mass is 10.2. The van der Waals surface area contributed by atoms with Gasteiger partial charge in [-0.05, 0) is 35.0 Å². The van der Waals surface area contributed by atoms with Crippen molar-refractivity contribution in [2.24, 2.45) is 0 Å². The molecule has 2 aromatic rings. The molecule has 5 nitrogen and oxygen atoms in total. The van der Waals surface area contributed by atoms with Crippen molar-refractivity contribution in [2.45, 2.75) is 13.3 Å². The van der Waals surface area contributed by atoms with E-state index in [-0.39, 0.29) is 5.91 Å². The second kappa shape index (κ2) is 6.16. The Balaban J connectivity index is 1.93. The van der Waals surface area contributed by atoms with E-state index in [2.05, 4.69) is 31.4 Å². The summed E-state index contributed by atoms with van der Waals surface area (Å²) in [5.74, 6) is 0.844. The smallest absolute Gasteiger partial charge is 0.252 e. The lowest BCUT2D eigenvalue weighted by Gasteiger charge is -2.06. The average molecular weight is 345 g/mol. The highest BCUT2D eigenvalue weighted by Gasteiger charge is 2.12. The van der Waals surface area contributed by atoms with E-state index in [9.17, 15) is 4.79 Å². The topological polar surface area (TPSA) is 68.0 Å². The number of carbonyl (C=O) groups excluding carboxylic acids is 1. The van der Waals surface area contributed by atoms with Crippen molar-refractivity contribution in [3.63, 3.8) is 0 Å². The number of benzene rings is 1. The van der Waals surface area contributed by atoms with Crippen molar-refractivity contribution in [2.75, 3.05) is 6.54 Å². The monoisotopic (exact) mass is 343 g/mol. The Labute approximate surface area is 123 Å². The van der Waals surface area contributed by atoms with Crippen LogP contribution in [0.3, 0.4) is 0 Å². The molecule has 0 radical (unpaired) electrons. The Morgan fingerprint density at radius 2 is 2.32 bits per heavy atom. The van der Waals surface area contributed by atoms with Gasteiger partial charge < -0.3 is 9.84 Å². The molecule has 7 heteroatoms. The van der Waals surface area contributed by atoms with Crippen LogP contribution in [0.25, 0.3) is 0 Å². The minimum absolute atomic E-state index is 0.234. The molecule has 0 aliphatic heterocycles. The molecule has 1 heterocycles. The first-order valence-electron chi connectivity index (χ1n) is 5.59. The Bertz CT molecular complexity index is 600. The molecule has 1 aromatic heterocycles. The zero-order valence-corrected chi connectivity index (χ0v) is 12.5. The normalized spacial score (nSPS) is 10.5. The maximum Gasteiger partial charge on any atom is 0.252 e.